The van der Waals surface area contributed by atoms with Crippen molar-refractivity contribution >= 4 is 11.8 Å². The Bertz CT molecular complexity index is 260. The van der Waals surface area contributed by atoms with E-state index < -0.39 is 0 Å². The number of amides is 2. The van der Waals surface area contributed by atoms with E-state index in [2.05, 4.69) is 10.6 Å². The molecule has 0 bridgehead atoms. The van der Waals surface area contributed by atoms with Crippen molar-refractivity contribution in [3.05, 3.63) is 0 Å². The molecule has 0 aliphatic carbocycles. The van der Waals surface area contributed by atoms with Crippen molar-refractivity contribution in [2.24, 2.45) is 11.1 Å². The standard InChI is InChI=1S/C11H21N3O2/c1-11(4-7-13-8-5-11)10(16)14-6-2-3-9(12)15/h13H,2-8H2,1H3,(H2,12,15)(H,14,16). The molecule has 0 radical (unpaired) electrons. The van der Waals surface area contributed by atoms with Crippen molar-refractivity contribution in [3.8, 4) is 0 Å². The maximum absolute atomic E-state index is 11.9. The van der Waals surface area contributed by atoms with Gasteiger partial charge in [-0.3, -0.25) is 9.59 Å². The fourth-order valence-corrected chi connectivity index (χ4v) is 1.88. The molecule has 1 rings (SSSR count). The van der Waals surface area contributed by atoms with Gasteiger partial charge in [0.05, 0.1) is 0 Å². The molecule has 5 heteroatoms. The van der Waals surface area contributed by atoms with E-state index in [1.807, 2.05) is 6.92 Å². The van der Waals surface area contributed by atoms with Crippen LogP contribution in [0.4, 0.5) is 0 Å². The Morgan fingerprint density at radius 2 is 2.00 bits per heavy atom. The third-order valence-electron chi connectivity index (χ3n) is 3.14. The number of carbonyl (C=O) groups is 2. The summed E-state index contributed by atoms with van der Waals surface area (Å²) in [6.45, 7) is 4.32. The molecule has 2 amide bonds. The van der Waals surface area contributed by atoms with Crippen LogP contribution < -0.4 is 16.4 Å². The zero-order chi connectivity index (χ0) is 12.0. The highest BCUT2D eigenvalue weighted by Gasteiger charge is 2.33. The van der Waals surface area contributed by atoms with Gasteiger partial charge < -0.3 is 16.4 Å². The summed E-state index contributed by atoms with van der Waals surface area (Å²) >= 11 is 0. The van der Waals surface area contributed by atoms with Crippen LogP contribution in [0.25, 0.3) is 0 Å². The van der Waals surface area contributed by atoms with Gasteiger partial charge in [-0.25, -0.2) is 0 Å². The topological polar surface area (TPSA) is 84.2 Å². The van der Waals surface area contributed by atoms with Gasteiger partial charge in [-0.1, -0.05) is 6.92 Å². The number of hydrogen-bond donors (Lipinski definition) is 3. The average Bonchev–Trinajstić information content (AvgIpc) is 2.25. The average molecular weight is 227 g/mol. The Morgan fingerprint density at radius 3 is 2.56 bits per heavy atom. The molecule has 0 aromatic carbocycles. The minimum atomic E-state index is -0.317. The van der Waals surface area contributed by atoms with E-state index >= 15 is 0 Å². The van der Waals surface area contributed by atoms with Crippen LogP contribution in [0.5, 0.6) is 0 Å². The predicted octanol–water partition coefficient (Wildman–Crippen LogP) is -0.242. The Hall–Kier alpha value is -1.10. The lowest BCUT2D eigenvalue weighted by molar-refractivity contribution is -0.131. The summed E-state index contributed by atoms with van der Waals surface area (Å²) in [7, 11) is 0. The summed E-state index contributed by atoms with van der Waals surface area (Å²) in [5, 5.41) is 6.11. The lowest BCUT2D eigenvalue weighted by atomic mass is 9.80. The van der Waals surface area contributed by atoms with E-state index in [-0.39, 0.29) is 17.2 Å². The van der Waals surface area contributed by atoms with Gasteiger partial charge in [0.2, 0.25) is 11.8 Å². The van der Waals surface area contributed by atoms with Crippen molar-refractivity contribution in [3.63, 3.8) is 0 Å². The fraction of sp³-hybridized carbons (Fsp3) is 0.818. The summed E-state index contributed by atoms with van der Waals surface area (Å²) in [5.74, 6) is -0.221. The molecule has 1 aliphatic heterocycles. The van der Waals surface area contributed by atoms with Crippen LogP contribution in [-0.2, 0) is 9.59 Å². The Kier molecular flexibility index (Phi) is 4.73. The Labute approximate surface area is 96.1 Å². The third-order valence-corrected chi connectivity index (χ3v) is 3.14. The van der Waals surface area contributed by atoms with Crippen LogP contribution in [0.1, 0.15) is 32.6 Å². The first-order chi connectivity index (χ1) is 7.54. The number of piperidine rings is 1. The molecule has 0 atom stereocenters. The zero-order valence-corrected chi connectivity index (χ0v) is 9.84. The summed E-state index contributed by atoms with van der Waals surface area (Å²) in [6.07, 6.45) is 2.69. The molecule has 0 aromatic heterocycles. The number of nitrogens with one attached hydrogen (secondary N) is 2. The number of primary amides is 1. The second kappa shape index (κ2) is 5.84. The highest BCUT2D eigenvalue weighted by molar-refractivity contribution is 5.82. The SMILES string of the molecule is CC1(C(=O)NCCCC(N)=O)CCNCC1. The van der Waals surface area contributed by atoms with Gasteiger partial charge in [0, 0.05) is 18.4 Å². The van der Waals surface area contributed by atoms with Crippen LogP contribution in [-0.4, -0.2) is 31.4 Å². The van der Waals surface area contributed by atoms with E-state index in [1.165, 1.54) is 0 Å². The molecule has 0 unspecified atom stereocenters. The van der Waals surface area contributed by atoms with Crippen molar-refractivity contribution in [1.29, 1.82) is 0 Å². The molecule has 16 heavy (non-hydrogen) atoms. The molecule has 5 nitrogen and oxygen atoms in total. The molecule has 0 aromatic rings. The van der Waals surface area contributed by atoms with Gasteiger partial charge in [0.15, 0.2) is 0 Å². The van der Waals surface area contributed by atoms with Crippen LogP contribution in [0.15, 0.2) is 0 Å². The van der Waals surface area contributed by atoms with Gasteiger partial charge in [0.1, 0.15) is 0 Å². The highest BCUT2D eigenvalue weighted by atomic mass is 16.2. The molecular formula is C11H21N3O2. The number of carbonyl (C=O) groups excluding carboxylic acids is 2. The van der Waals surface area contributed by atoms with Crippen LogP contribution >= 0.6 is 0 Å². The molecule has 1 fully saturated rings. The molecule has 92 valence electrons. The second-order valence-corrected chi connectivity index (χ2v) is 4.64. The maximum atomic E-state index is 11.9. The minimum Gasteiger partial charge on any atom is -0.370 e. The normalized spacial score (nSPS) is 19.1. The Balaban J connectivity index is 2.25. The number of rotatable bonds is 5. The Morgan fingerprint density at radius 1 is 1.38 bits per heavy atom. The predicted molar refractivity (Wildman–Crippen MR) is 61.6 cm³/mol. The molecule has 1 saturated heterocycles. The lowest BCUT2D eigenvalue weighted by Gasteiger charge is -2.32. The van der Waals surface area contributed by atoms with Gasteiger partial charge in [-0.05, 0) is 32.4 Å². The first kappa shape index (κ1) is 13.0. The first-order valence-electron chi connectivity index (χ1n) is 5.82. The molecule has 0 saturated carbocycles. The molecule has 1 aliphatic rings. The van der Waals surface area contributed by atoms with Crippen LogP contribution in [0, 0.1) is 5.41 Å². The highest BCUT2D eigenvalue weighted by Crippen LogP contribution is 2.27. The first-order valence-corrected chi connectivity index (χ1v) is 5.82. The van der Waals surface area contributed by atoms with Crippen molar-refractivity contribution in [2.75, 3.05) is 19.6 Å². The van der Waals surface area contributed by atoms with Crippen LogP contribution in [0.3, 0.4) is 0 Å². The maximum Gasteiger partial charge on any atom is 0.226 e. The fourth-order valence-electron chi connectivity index (χ4n) is 1.88. The van der Waals surface area contributed by atoms with Crippen molar-refractivity contribution in [1.82, 2.24) is 10.6 Å². The minimum absolute atomic E-state index is 0.0958. The van der Waals surface area contributed by atoms with E-state index in [0.29, 0.717) is 19.4 Å². The molecular weight excluding hydrogens is 206 g/mol. The summed E-state index contributed by atoms with van der Waals surface area (Å²) in [5.41, 5.74) is 4.77. The van der Waals surface area contributed by atoms with E-state index in [4.69, 9.17) is 5.73 Å². The van der Waals surface area contributed by atoms with Gasteiger partial charge in [-0.15, -0.1) is 0 Å². The lowest BCUT2D eigenvalue weighted by Crippen LogP contribution is -2.46. The van der Waals surface area contributed by atoms with Crippen molar-refractivity contribution in [2.45, 2.75) is 32.6 Å². The van der Waals surface area contributed by atoms with E-state index in [1.54, 1.807) is 0 Å². The summed E-state index contributed by atoms with van der Waals surface area (Å²) in [4.78, 5) is 22.4. The second-order valence-electron chi connectivity index (χ2n) is 4.64. The van der Waals surface area contributed by atoms with E-state index in [0.717, 1.165) is 25.9 Å². The third kappa shape index (κ3) is 3.81. The number of hydrogen-bond acceptors (Lipinski definition) is 3. The van der Waals surface area contributed by atoms with Gasteiger partial charge in [0.25, 0.3) is 0 Å². The van der Waals surface area contributed by atoms with Crippen LogP contribution in [0.2, 0.25) is 0 Å². The zero-order valence-electron chi connectivity index (χ0n) is 9.84. The number of nitrogens with two attached hydrogens (primary N) is 1. The largest absolute Gasteiger partial charge is 0.370 e. The van der Waals surface area contributed by atoms with E-state index in [9.17, 15) is 9.59 Å². The van der Waals surface area contributed by atoms with Gasteiger partial charge in [-0.2, -0.15) is 0 Å². The van der Waals surface area contributed by atoms with Crippen molar-refractivity contribution < 1.29 is 9.59 Å². The summed E-state index contributed by atoms with van der Waals surface area (Å²) in [6, 6.07) is 0. The monoisotopic (exact) mass is 227 g/mol. The summed E-state index contributed by atoms with van der Waals surface area (Å²) < 4.78 is 0. The molecule has 4 N–H and O–H groups in total. The van der Waals surface area contributed by atoms with Gasteiger partial charge >= 0.3 is 0 Å². The molecule has 0 spiro atoms. The molecule has 1 heterocycles. The quantitative estimate of drug-likeness (QED) is 0.567. The smallest absolute Gasteiger partial charge is 0.226 e.